The van der Waals surface area contributed by atoms with Crippen molar-refractivity contribution in [2.45, 2.75) is 46.2 Å². The van der Waals surface area contributed by atoms with Crippen LogP contribution in [0, 0.1) is 22.0 Å². The Balaban J connectivity index is 0.000000228. The van der Waals surface area contributed by atoms with Gasteiger partial charge in [-0.1, -0.05) is 39.8 Å². The molecule has 0 amide bonds. The number of anilines is 1. The second-order valence-corrected chi connectivity index (χ2v) is 10.5. The lowest BCUT2D eigenvalue weighted by Gasteiger charge is -2.31. The van der Waals surface area contributed by atoms with Crippen LogP contribution in [0.25, 0.3) is 21.5 Å². The Kier molecular flexibility index (Phi) is 8.66. The molecular weight excluding hydrogens is 532 g/mol. The van der Waals surface area contributed by atoms with Crippen molar-refractivity contribution in [2.24, 2.45) is 11.8 Å². The molecule has 0 aliphatic carbocycles. The third-order valence-electron chi connectivity index (χ3n) is 7.37. The van der Waals surface area contributed by atoms with Crippen LogP contribution in [0.2, 0.25) is 0 Å². The second-order valence-electron chi connectivity index (χ2n) is 10.5. The molecule has 4 N–H and O–H groups in total. The number of pyridine rings is 2. The van der Waals surface area contributed by atoms with Gasteiger partial charge in [0.25, 0.3) is 16.8 Å². The first-order valence-corrected chi connectivity index (χ1v) is 12.8. The van der Waals surface area contributed by atoms with Gasteiger partial charge in [-0.25, -0.2) is 9.59 Å². The average Bonchev–Trinajstić information content (AvgIpc) is 2.89. The fraction of sp³-hybridized carbons (Fsp3) is 0.310. The van der Waals surface area contributed by atoms with Crippen molar-refractivity contribution in [3.05, 3.63) is 91.7 Å². The summed E-state index contributed by atoms with van der Waals surface area (Å²) in [5, 5.41) is 31.2. The highest BCUT2D eigenvalue weighted by atomic mass is 16.6. The molecule has 2 aromatic carbocycles. The molecule has 4 aromatic rings. The highest BCUT2D eigenvalue weighted by Gasteiger charge is 2.39. The third kappa shape index (κ3) is 5.53. The lowest BCUT2D eigenvalue weighted by atomic mass is 9.87. The number of aliphatic carboxylic acids is 2. The van der Waals surface area contributed by atoms with Crippen LogP contribution in [0.3, 0.4) is 0 Å². The quantitative estimate of drug-likeness (QED) is 0.168. The number of carboxylic acid groups (broad SMARTS) is 2. The Morgan fingerprint density at radius 1 is 0.878 bits per heavy atom. The highest BCUT2D eigenvalue weighted by Crippen LogP contribution is 2.28. The zero-order valence-electron chi connectivity index (χ0n) is 23.3. The SMILES string of the molecule is CC(C)C(C(=O)O)n1ccc2c(N)cccc2c1=O.CC(C)[C@](C)(C(=O)O)n1ccc2c([N+](=O)[O-])cccc2c1=O. The zero-order chi connectivity index (χ0) is 30.8. The van der Waals surface area contributed by atoms with Crippen LogP contribution in [0.1, 0.15) is 40.7 Å². The van der Waals surface area contributed by atoms with E-state index >= 15 is 0 Å². The van der Waals surface area contributed by atoms with E-state index in [2.05, 4.69) is 0 Å². The summed E-state index contributed by atoms with van der Waals surface area (Å²) in [6, 6.07) is 11.5. The van der Waals surface area contributed by atoms with Crippen LogP contribution in [0.4, 0.5) is 11.4 Å². The second kappa shape index (κ2) is 11.6. The molecule has 0 fully saturated rings. The normalized spacial score (nSPS) is 13.4. The van der Waals surface area contributed by atoms with Gasteiger partial charge in [-0.2, -0.15) is 0 Å². The van der Waals surface area contributed by atoms with Crippen molar-refractivity contribution in [2.75, 3.05) is 5.73 Å². The number of hydrogen-bond acceptors (Lipinski definition) is 7. The largest absolute Gasteiger partial charge is 0.480 e. The molecule has 4 rings (SSSR count). The van der Waals surface area contributed by atoms with E-state index in [-0.39, 0.29) is 33.9 Å². The molecule has 2 aromatic heterocycles. The predicted molar refractivity (Wildman–Crippen MR) is 155 cm³/mol. The minimum atomic E-state index is -1.43. The Hall–Kier alpha value is -5.00. The monoisotopic (exact) mass is 564 g/mol. The van der Waals surface area contributed by atoms with Crippen LogP contribution in [-0.4, -0.2) is 36.2 Å². The Morgan fingerprint density at radius 3 is 1.95 bits per heavy atom. The van der Waals surface area contributed by atoms with Gasteiger partial charge >= 0.3 is 11.9 Å². The van der Waals surface area contributed by atoms with Crippen molar-refractivity contribution in [1.82, 2.24) is 9.13 Å². The number of nitrogens with two attached hydrogens (primary N) is 1. The minimum Gasteiger partial charge on any atom is -0.480 e. The van der Waals surface area contributed by atoms with Crippen molar-refractivity contribution in [3.8, 4) is 0 Å². The average molecular weight is 565 g/mol. The number of carboxylic acids is 2. The van der Waals surface area contributed by atoms with Gasteiger partial charge in [0.1, 0.15) is 11.6 Å². The number of nitrogens with zero attached hydrogens (tertiary/aromatic N) is 3. The third-order valence-corrected chi connectivity index (χ3v) is 7.37. The van der Waals surface area contributed by atoms with Gasteiger partial charge in [0, 0.05) is 34.9 Å². The van der Waals surface area contributed by atoms with Gasteiger partial charge in [0.15, 0.2) is 0 Å². The number of hydrogen-bond donors (Lipinski definition) is 3. The molecule has 1 unspecified atom stereocenters. The van der Waals surface area contributed by atoms with Crippen LogP contribution in [0.15, 0.2) is 70.5 Å². The fourth-order valence-electron chi connectivity index (χ4n) is 4.68. The number of nitro benzene ring substituents is 1. The maximum absolute atomic E-state index is 12.6. The number of carbonyl (C=O) groups is 2. The first-order valence-electron chi connectivity index (χ1n) is 12.8. The van der Waals surface area contributed by atoms with Crippen molar-refractivity contribution in [1.29, 1.82) is 0 Å². The Morgan fingerprint density at radius 2 is 1.44 bits per heavy atom. The van der Waals surface area contributed by atoms with E-state index in [1.54, 1.807) is 52.0 Å². The summed E-state index contributed by atoms with van der Waals surface area (Å²) in [6.45, 7) is 8.42. The van der Waals surface area contributed by atoms with Crippen LogP contribution in [-0.2, 0) is 15.1 Å². The van der Waals surface area contributed by atoms with Crippen molar-refractivity contribution >= 4 is 44.9 Å². The summed E-state index contributed by atoms with van der Waals surface area (Å²) >= 11 is 0. The lowest BCUT2D eigenvalue weighted by Crippen LogP contribution is -2.48. The maximum Gasteiger partial charge on any atom is 0.329 e. The first-order chi connectivity index (χ1) is 19.1. The van der Waals surface area contributed by atoms with E-state index in [0.29, 0.717) is 16.5 Å². The molecular formula is C29H32N4O8. The zero-order valence-corrected chi connectivity index (χ0v) is 23.3. The van der Waals surface area contributed by atoms with Crippen LogP contribution in [0.5, 0.6) is 0 Å². The van der Waals surface area contributed by atoms with Gasteiger partial charge < -0.3 is 20.5 Å². The molecule has 0 saturated carbocycles. The van der Waals surface area contributed by atoms with E-state index in [9.17, 15) is 39.5 Å². The topological polar surface area (TPSA) is 188 Å². The first kappa shape index (κ1) is 30.5. The number of rotatable bonds is 7. The fourth-order valence-corrected chi connectivity index (χ4v) is 4.68. The molecule has 0 spiro atoms. The molecule has 2 atom stereocenters. The summed E-state index contributed by atoms with van der Waals surface area (Å²) in [4.78, 5) is 58.4. The number of nitrogen functional groups attached to an aromatic ring is 1. The van der Waals surface area contributed by atoms with E-state index in [0.717, 1.165) is 4.57 Å². The molecule has 2 heterocycles. The summed E-state index contributed by atoms with van der Waals surface area (Å²) in [5.41, 5.74) is 3.82. The summed E-state index contributed by atoms with van der Waals surface area (Å²) in [7, 11) is 0. The maximum atomic E-state index is 12.6. The number of benzene rings is 2. The summed E-state index contributed by atoms with van der Waals surface area (Å²) in [5.74, 6) is -2.68. The Bertz CT molecular complexity index is 1770. The van der Waals surface area contributed by atoms with Gasteiger partial charge in [0.05, 0.1) is 15.7 Å². The molecule has 0 bridgehead atoms. The molecule has 12 heteroatoms. The van der Waals surface area contributed by atoms with E-state index in [1.807, 2.05) is 0 Å². The van der Waals surface area contributed by atoms with Gasteiger partial charge in [-0.05, 0) is 49.1 Å². The number of aromatic nitrogens is 2. The van der Waals surface area contributed by atoms with Crippen LogP contribution < -0.4 is 16.9 Å². The smallest absolute Gasteiger partial charge is 0.329 e. The van der Waals surface area contributed by atoms with Gasteiger partial charge in [-0.3, -0.25) is 24.3 Å². The standard InChI is InChI=1S/C15H16N2O5.C14H16N2O3/c1-9(2)15(3,14(19)20)16-8-7-10-11(13(16)18)5-4-6-12(10)17(21)22;1-8(2)12(14(18)19)16-7-6-9-10(13(16)17)4-3-5-11(9)15/h4-9H,1-3H3,(H,19,20);3-8,12H,15H2,1-2H3,(H,18,19)/t15-;/m1./s1. The molecule has 0 saturated heterocycles. The number of non-ortho nitro benzene ring substituents is 1. The number of fused-ring (bicyclic) bond motifs is 2. The van der Waals surface area contributed by atoms with E-state index < -0.39 is 34.0 Å². The van der Waals surface area contributed by atoms with Gasteiger partial charge in [-0.15, -0.1) is 0 Å². The molecule has 0 aliphatic rings. The lowest BCUT2D eigenvalue weighted by molar-refractivity contribution is -0.383. The van der Waals surface area contributed by atoms with E-state index in [1.165, 1.54) is 48.1 Å². The van der Waals surface area contributed by atoms with Crippen molar-refractivity contribution in [3.63, 3.8) is 0 Å². The Labute approximate surface area is 234 Å². The molecule has 216 valence electrons. The predicted octanol–water partition coefficient (Wildman–Crippen LogP) is 4.23. The minimum absolute atomic E-state index is 0.129. The molecule has 41 heavy (non-hydrogen) atoms. The van der Waals surface area contributed by atoms with E-state index in [4.69, 9.17) is 5.73 Å². The summed E-state index contributed by atoms with van der Waals surface area (Å²) in [6.07, 6.45) is 2.81. The summed E-state index contributed by atoms with van der Waals surface area (Å²) < 4.78 is 2.39. The molecule has 0 aliphatic heterocycles. The van der Waals surface area contributed by atoms with Crippen molar-refractivity contribution < 1.29 is 24.7 Å². The molecule has 0 radical (unpaired) electrons. The highest BCUT2D eigenvalue weighted by molar-refractivity contribution is 5.92. The number of nitro groups is 1. The van der Waals surface area contributed by atoms with Crippen LogP contribution >= 0.6 is 0 Å². The molecule has 12 nitrogen and oxygen atoms in total. The van der Waals surface area contributed by atoms with Gasteiger partial charge in [0.2, 0.25) is 0 Å².